The normalized spacial score (nSPS) is 12.7. The molecule has 0 bridgehead atoms. The molecule has 0 saturated carbocycles. The molecular formula is C13H14BrNS. The summed E-state index contributed by atoms with van der Waals surface area (Å²) in [5.41, 5.74) is 8.67. The van der Waals surface area contributed by atoms with Gasteiger partial charge in [0, 0.05) is 27.2 Å². The first-order valence-corrected chi connectivity index (χ1v) is 6.87. The molecule has 0 spiro atoms. The molecule has 2 N–H and O–H groups in total. The highest BCUT2D eigenvalue weighted by molar-refractivity contribution is 9.10. The van der Waals surface area contributed by atoms with E-state index in [0.717, 1.165) is 10.9 Å². The molecule has 3 heteroatoms. The van der Waals surface area contributed by atoms with E-state index in [1.807, 2.05) is 0 Å². The molecule has 1 nitrogen and oxygen atoms in total. The monoisotopic (exact) mass is 295 g/mol. The lowest BCUT2D eigenvalue weighted by Gasteiger charge is -2.11. The maximum Gasteiger partial charge on any atom is 0.0343 e. The summed E-state index contributed by atoms with van der Waals surface area (Å²) in [4.78, 5) is 1.32. The molecule has 84 valence electrons. The first-order chi connectivity index (χ1) is 7.65. The van der Waals surface area contributed by atoms with Crippen molar-refractivity contribution in [2.24, 2.45) is 5.73 Å². The van der Waals surface area contributed by atoms with Gasteiger partial charge in [-0.3, -0.25) is 0 Å². The lowest BCUT2D eigenvalue weighted by Crippen LogP contribution is -2.12. The van der Waals surface area contributed by atoms with Crippen LogP contribution in [-0.2, 0) is 6.42 Å². The molecule has 1 atom stereocenters. The third-order valence-corrected chi connectivity index (χ3v) is 4.23. The summed E-state index contributed by atoms with van der Waals surface area (Å²) in [5, 5.41) is 2.10. The maximum absolute atomic E-state index is 6.20. The topological polar surface area (TPSA) is 26.0 Å². The molecule has 0 radical (unpaired) electrons. The van der Waals surface area contributed by atoms with Crippen LogP contribution < -0.4 is 5.73 Å². The van der Waals surface area contributed by atoms with Crippen LogP contribution in [0.3, 0.4) is 0 Å². The van der Waals surface area contributed by atoms with E-state index in [4.69, 9.17) is 5.73 Å². The molecule has 0 aliphatic heterocycles. The SMILES string of the molecule is Cc1cccc(C(N)Cc2cc(Br)cs2)c1. The van der Waals surface area contributed by atoms with Crippen LogP contribution in [-0.4, -0.2) is 0 Å². The Kier molecular flexibility index (Phi) is 3.79. The summed E-state index contributed by atoms with van der Waals surface area (Å²) in [5.74, 6) is 0. The second-order valence-electron chi connectivity index (χ2n) is 3.96. The number of hydrogen-bond donors (Lipinski definition) is 1. The number of aryl methyl sites for hydroxylation is 1. The Hall–Kier alpha value is -0.640. The van der Waals surface area contributed by atoms with Gasteiger partial charge in [-0.15, -0.1) is 11.3 Å². The zero-order chi connectivity index (χ0) is 11.5. The van der Waals surface area contributed by atoms with Crippen LogP contribution in [0.25, 0.3) is 0 Å². The molecule has 0 fully saturated rings. The minimum absolute atomic E-state index is 0.0884. The number of hydrogen-bond acceptors (Lipinski definition) is 2. The number of nitrogens with two attached hydrogens (primary N) is 1. The van der Waals surface area contributed by atoms with Crippen LogP contribution in [0.5, 0.6) is 0 Å². The third-order valence-electron chi connectivity index (χ3n) is 2.51. The van der Waals surface area contributed by atoms with E-state index in [1.54, 1.807) is 11.3 Å². The molecule has 0 aliphatic carbocycles. The van der Waals surface area contributed by atoms with E-state index in [0.29, 0.717) is 0 Å². The smallest absolute Gasteiger partial charge is 0.0343 e. The van der Waals surface area contributed by atoms with Gasteiger partial charge in [-0.2, -0.15) is 0 Å². The van der Waals surface area contributed by atoms with Gasteiger partial charge in [0.05, 0.1) is 0 Å². The van der Waals surface area contributed by atoms with Crippen molar-refractivity contribution < 1.29 is 0 Å². The van der Waals surface area contributed by atoms with Gasteiger partial charge in [0.2, 0.25) is 0 Å². The van der Waals surface area contributed by atoms with Crippen molar-refractivity contribution in [1.82, 2.24) is 0 Å². The van der Waals surface area contributed by atoms with Crippen LogP contribution >= 0.6 is 27.3 Å². The lowest BCUT2D eigenvalue weighted by atomic mass is 10.0. The lowest BCUT2D eigenvalue weighted by molar-refractivity contribution is 0.729. The highest BCUT2D eigenvalue weighted by Gasteiger charge is 2.08. The first kappa shape index (κ1) is 11.8. The molecule has 0 amide bonds. The van der Waals surface area contributed by atoms with E-state index in [9.17, 15) is 0 Å². The Balaban J connectivity index is 2.11. The second kappa shape index (κ2) is 5.13. The van der Waals surface area contributed by atoms with Gasteiger partial charge < -0.3 is 5.73 Å². The van der Waals surface area contributed by atoms with Gasteiger partial charge in [0.1, 0.15) is 0 Å². The van der Waals surface area contributed by atoms with Crippen LogP contribution in [0, 0.1) is 6.92 Å². The fraction of sp³-hybridized carbons (Fsp3) is 0.231. The van der Waals surface area contributed by atoms with Crippen molar-refractivity contribution in [2.75, 3.05) is 0 Å². The van der Waals surface area contributed by atoms with E-state index in [2.05, 4.69) is 58.6 Å². The molecule has 1 heterocycles. The fourth-order valence-electron chi connectivity index (χ4n) is 1.70. The molecule has 16 heavy (non-hydrogen) atoms. The fourth-order valence-corrected chi connectivity index (χ4v) is 3.21. The number of rotatable bonds is 3. The number of thiophene rings is 1. The average molecular weight is 296 g/mol. The Morgan fingerprint density at radius 2 is 2.19 bits per heavy atom. The largest absolute Gasteiger partial charge is 0.324 e. The van der Waals surface area contributed by atoms with Crippen LogP contribution in [0.1, 0.15) is 22.0 Å². The predicted molar refractivity (Wildman–Crippen MR) is 73.8 cm³/mol. The first-order valence-electron chi connectivity index (χ1n) is 5.20. The standard InChI is InChI=1S/C13H14BrNS/c1-9-3-2-4-10(5-9)13(15)7-12-6-11(14)8-16-12/h2-6,8,13H,7,15H2,1H3. The van der Waals surface area contributed by atoms with Crippen LogP contribution in [0.2, 0.25) is 0 Å². The Morgan fingerprint density at radius 3 is 2.81 bits per heavy atom. The quantitative estimate of drug-likeness (QED) is 0.908. The number of benzene rings is 1. The molecule has 0 aliphatic rings. The maximum atomic E-state index is 6.20. The summed E-state index contributed by atoms with van der Waals surface area (Å²) in [6.07, 6.45) is 0.903. The summed E-state index contributed by atoms with van der Waals surface area (Å²) in [6.45, 7) is 2.10. The van der Waals surface area contributed by atoms with E-state index >= 15 is 0 Å². The summed E-state index contributed by atoms with van der Waals surface area (Å²) in [7, 11) is 0. The minimum atomic E-state index is 0.0884. The molecule has 1 aromatic carbocycles. The zero-order valence-electron chi connectivity index (χ0n) is 9.11. The van der Waals surface area contributed by atoms with Crippen LogP contribution in [0.4, 0.5) is 0 Å². The van der Waals surface area contributed by atoms with Crippen LogP contribution in [0.15, 0.2) is 40.2 Å². The molecule has 2 rings (SSSR count). The van der Waals surface area contributed by atoms with Crippen molar-refractivity contribution in [2.45, 2.75) is 19.4 Å². The Morgan fingerprint density at radius 1 is 1.38 bits per heavy atom. The van der Waals surface area contributed by atoms with Crippen molar-refractivity contribution in [3.8, 4) is 0 Å². The molecule has 1 aromatic heterocycles. The Labute approximate surface area is 108 Å². The Bertz CT molecular complexity index is 478. The van der Waals surface area contributed by atoms with Crippen molar-refractivity contribution in [3.05, 3.63) is 56.2 Å². The van der Waals surface area contributed by atoms with Crippen molar-refractivity contribution in [3.63, 3.8) is 0 Å². The highest BCUT2D eigenvalue weighted by Crippen LogP contribution is 2.24. The van der Waals surface area contributed by atoms with Gasteiger partial charge >= 0.3 is 0 Å². The minimum Gasteiger partial charge on any atom is -0.324 e. The van der Waals surface area contributed by atoms with Gasteiger partial charge in [-0.05, 0) is 34.5 Å². The number of halogens is 1. The molecular weight excluding hydrogens is 282 g/mol. The van der Waals surface area contributed by atoms with Gasteiger partial charge in [-0.1, -0.05) is 29.8 Å². The van der Waals surface area contributed by atoms with E-state index < -0.39 is 0 Å². The zero-order valence-corrected chi connectivity index (χ0v) is 11.5. The summed E-state index contributed by atoms with van der Waals surface area (Å²) < 4.78 is 1.14. The summed E-state index contributed by atoms with van der Waals surface area (Å²) >= 11 is 5.21. The molecule has 2 aromatic rings. The average Bonchev–Trinajstić information content (AvgIpc) is 2.64. The third kappa shape index (κ3) is 2.94. The molecule has 1 unspecified atom stereocenters. The van der Waals surface area contributed by atoms with Gasteiger partial charge in [0.15, 0.2) is 0 Å². The van der Waals surface area contributed by atoms with Crippen molar-refractivity contribution >= 4 is 27.3 Å². The van der Waals surface area contributed by atoms with Gasteiger partial charge in [0.25, 0.3) is 0 Å². The second-order valence-corrected chi connectivity index (χ2v) is 5.87. The highest BCUT2D eigenvalue weighted by atomic mass is 79.9. The summed E-state index contributed by atoms with van der Waals surface area (Å²) in [6, 6.07) is 10.6. The van der Waals surface area contributed by atoms with E-state index in [1.165, 1.54) is 16.0 Å². The van der Waals surface area contributed by atoms with E-state index in [-0.39, 0.29) is 6.04 Å². The van der Waals surface area contributed by atoms with Gasteiger partial charge in [-0.25, -0.2) is 0 Å². The van der Waals surface area contributed by atoms with Crippen molar-refractivity contribution in [1.29, 1.82) is 0 Å². The molecule has 0 saturated heterocycles. The predicted octanol–water partition coefficient (Wildman–Crippen LogP) is 4.06.